The van der Waals surface area contributed by atoms with E-state index < -0.39 is 56.3 Å². The quantitative estimate of drug-likeness (QED) is 0.182. The summed E-state index contributed by atoms with van der Waals surface area (Å²) in [5, 5.41) is 35.1. The van der Waals surface area contributed by atoms with Crippen LogP contribution in [0.5, 0.6) is 0 Å². The van der Waals surface area contributed by atoms with E-state index in [4.69, 9.17) is 23.4 Å². The van der Waals surface area contributed by atoms with Gasteiger partial charge in [-0.2, -0.15) is 0 Å². The third kappa shape index (κ3) is 11.4. The van der Waals surface area contributed by atoms with Crippen molar-refractivity contribution in [3.8, 4) is 0 Å². The van der Waals surface area contributed by atoms with E-state index in [-0.39, 0.29) is 48.1 Å². The van der Waals surface area contributed by atoms with Crippen molar-refractivity contribution in [2.75, 3.05) is 14.2 Å². The maximum absolute atomic E-state index is 13.6. The largest absolute Gasteiger partial charge is 0.490 e. The highest BCUT2D eigenvalue weighted by Gasteiger charge is 2.53. The predicted octanol–water partition coefficient (Wildman–Crippen LogP) is 6.55. The molecule has 10 heteroatoms. The highest BCUT2D eigenvalue weighted by atomic mass is 28.4. The minimum atomic E-state index is -1.97. The van der Waals surface area contributed by atoms with Crippen LogP contribution in [0.2, 0.25) is 19.6 Å². The molecule has 48 heavy (non-hydrogen) atoms. The lowest BCUT2D eigenvalue weighted by Gasteiger charge is -2.51. The maximum atomic E-state index is 13.6. The average Bonchev–Trinajstić information content (AvgIpc) is 2.99. The van der Waals surface area contributed by atoms with Crippen molar-refractivity contribution in [1.82, 2.24) is 0 Å². The number of methoxy groups -OCH3 is 2. The summed E-state index contributed by atoms with van der Waals surface area (Å²) in [5.74, 6) is -3.89. The van der Waals surface area contributed by atoms with Crippen LogP contribution in [0, 0.1) is 35.5 Å². The number of carbonyl (C=O) groups excluding carboxylic acids is 1. The van der Waals surface area contributed by atoms with Crippen LogP contribution >= 0.6 is 0 Å². The zero-order valence-corrected chi connectivity index (χ0v) is 33.0. The Kier molecular flexibility index (Phi) is 15.8. The minimum absolute atomic E-state index is 0.00176. The summed E-state index contributed by atoms with van der Waals surface area (Å²) in [4.78, 5) is 13.6. The fourth-order valence-electron chi connectivity index (χ4n) is 7.12. The van der Waals surface area contributed by atoms with Crippen molar-refractivity contribution in [3.05, 3.63) is 47.3 Å². The Hall–Kier alpha value is -1.79. The number of esters is 1. The Morgan fingerprint density at radius 1 is 1.04 bits per heavy atom. The van der Waals surface area contributed by atoms with Gasteiger partial charge in [0.2, 0.25) is 5.76 Å². The van der Waals surface area contributed by atoms with E-state index in [1.54, 1.807) is 26.0 Å². The van der Waals surface area contributed by atoms with E-state index in [1.807, 2.05) is 45.9 Å². The second kappa shape index (κ2) is 17.9. The van der Waals surface area contributed by atoms with Crippen LogP contribution in [-0.4, -0.2) is 86.2 Å². The Bertz CT molecular complexity index is 1170. The van der Waals surface area contributed by atoms with Crippen LogP contribution in [0.25, 0.3) is 0 Å². The Labute approximate surface area is 291 Å². The van der Waals surface area contributed by atoms with Gasteiger partial charge in [-0.25, -0.2) is 4.79 Å². The van der Waals surface area contributed by atoms with Gasteiger partial charge in [0.25, 0.3) is 0 Å². The van der Waals surface area contributed by atoms with E-state index in [0.717, 1.165) is 11.1 Å². The fraction of sp³-hybridized carbons (Fsp3) is 0.763. The molecule has 1 saturated heterocycles. The van der Waals surface area contributed by atoms with Crippen LogP contribution in [0.4, 0.5) is 0 Å². The summed E-state index contributed by atoms with van der Waals surface area (Å²) >= 11 is 0. The van der Waals surface area contributed by atoms with E-state index in [0.29, 0.717) is 6.42 Å². The van der Waals surface area contributed by atoms with Crippen molar-refractivity contribution in [1.29, 1.82) is 0 Å². The molecule has 0 radical (unpaired) electrons. The van der Waals surface area contributed by atoms with Gasteiger partial charge >= 0.3 is 5.97 Å². The molecular formula is C38H66O9Si. The maximum Gasteiger partial charge on any atom is 0.373 e. The molecule has 1 fully saturated rings. The van der Waals surface area contributed by atoms with Gasteiger partial charge in [0, 0.05) is 37.2 Å². The van der Waals surface area contributed by atoms with Crippen LogP contribution in [-0.2, 0) is 28.2 Å². The summed E-state index contributed by atoms with van der Waals surface area (Å²) in [6.45, 7) is 24.0. The predicted molar refractivity (Wildman–Crippen MR) is 192 cm³/mol. The lowest BCUT2D eigenvalue weighted by atomic mass is 9.76. The topological polar surface area (TPSA) is 124 Å². The van der Waals surface area contributed by atoms with Gasteiger partial charge in [-0.05, 0) is 57.8 Å². The van der Waals surface area contributed by atoms with Gasteiger partial charge in [0.1, 0.15) is 12.2 Å². The monoisotopic (exact) mass is 694 g/mol. The average molecular weight is 695 g/mol. The van der Waals surface area contributed by atoms with Gasteiger partial charge in [-0.3, -0.25) is 0 Å². The molecule has 0 aromatic heterocycles. The fourth-order valence-corrected chi connectivity index (χ4v) is 8.33. The number of aliphatic hydroxyl groups is 3. The second-order valence-electron chi connectivity index (χ2n) is 15.8. The number of hydrogen-bond acceptors (Lipinski definition) is 9. The molecule has 0 saturated carbocycles. The standard InChI is InChI=1S/C38H66O9Si/c1-22(2)35-27(7)32(47-48(12,13)14)21-38(42,46-35)29(9)34(40)28(8)36-30(43-10)17-15-16-23(3)18-25(5)33(39)26(6)19-24(4)20-31(44-11)37(41)45-36/h15-17,19-20,22,25-30,32-36,39-40,42H,18,21H2,1-14H3/b17-15-,23-16+,24-19+,31-20+. The molecule has 0 aromatic carbocycles. The molecule has 3 N–H and O–H groups in total. The molecule has 276 valence electrons. The van der Waals surface area contributed by atoms with Crippen molar-refractivity contribution < 1.29 is 43.5 Å². The molecule has 12 unspecified atom stereocenters. The molecule has 0 aromatic rings. The van der Waals surface area contributed by atoms with Crippen LogP contribution in [0.15, 0.2) is 47.3 Å². The highest BCUT2D eigenvalue weighted by Crippen LogP contribution is 2.43. The second-order valence-corrected chi connectivity index (χ2v) is 20.2. The number of rotatable bonds is 9. The van der Waals surface area contributed by atoms with Gasteiger partial charge in [0.05, 0.1) is 31.5 Å². The molecule has 0 spiro atoms. The first kappa shape index (κ1) is 42.4. The number of carbonyl (C=O) groups is 1. The number of cyclic esters (lactones) is 1. The van der Waals surface area contributed by atoms with Crippen LogP contribution in [0.3, 0.4) is 0 Å². The molecule has 0 amide bonds. The number of hydrogen-bond donors (Lipinski definition) is 3. The third-order valence-corrected chi connectivity index (χ3v) is 11.0. The molecule has 9 nitrogen and oxygen atoms in total. The molecule has 2 aliphatic rings. The SMILES string of the molecule is CO/C1=C/C(C)=C/C(C)C(O)C(C)C/C(C)=C/C=C\C(OC)C(C(C)C(O)C(C)C2(O)CC(O[Si](C)(C)C)C(C)C(C(C)C)O2)OC1=O. The van der Waals surface area contributed by atoms with E-state index in [1.165, 1.54) is 14.2 Å². The van der Waals surface area contributed by atoms with Crippen molar-refractivity contribution in [3.63, 3.8) is 0 Å². The number of ether oxygens (including phenoxy) is 4. The molecule has 0 aliphatic carbocycles. The molecule has 2 heterocycles. The molecule has 2 aliphatic heterocycles. The normalized spacial score (nSPS) is 39.1. The lowest BCUT2D eigenvalue weighted by Crippen LogP contribution is -2.60. The summed E-state index contributed by atoms with van der Waals surface area (Å²) in [6.07, 6.45) is 6.07. The Balaban J connectivity index is 2.56. The zero-order valence-electron chi connectivity index (χ0n) is 32.0. The van der Waals surface area contributed by atoms with Crippen molar-refractivity contribution >= 4 is 14.3 Å². The smallest absolute Gasteiger partial charge is 0.373 e. The minimum Gasteiger partial charge on any atom is -0.490 e. The van der Waals surface area contributed by atoms with Crippen molar-refractivity contribution in [2.24, 2.45) is 35.5 Å². The highest BCUT2D eigenvalue weighted by molar-refractivity contribution is 6.69. The van der Waals surface area contributed by atoms with Crippen molar-refractivity contribution in [2.45, 2.75) is 137 Å². The van der Waals surface area contributed by atoms with Gasteiger partial charge < -0.3 is 38.7 Å². The van der Waals surface area contributed by atoms with Crippen LogP contribution < -0.4 is 0 Å². The molecule has 0 bridgehead atoms. The van der Waals surface area contributed by atoms with Gasteiger partial charge in [-0.15, -0.1) is 0 Å². The van der Waals surface area contributed by atoms with Gasteiger partial charge in [-0.1, -0.05) is 83.9 Å². The molecule has 12 atom stereocenters. The van der Waals surface area contributed by atoms with E-state index >= 15 is 0 Å². The summed E-state index contributed by atoms with van der Waals surface area (Å²) in [6, 6.07) is 0. The Morgan fingerprint density at radius 3 is 2.21 bits per heavy atom. The number of aliphatic hydroxyl groups excluding tert-OH is 2. The first-order valence-corrected chi connectivity index (χ1v) is 21.0. The third-order valence-electron chi connectivity index (χ3n) is 9.97. The van der Waals surface area contributed by atoms with E-state index in [2.05, 4.69) is 40.4 Å². The first-order chi connectivity index (χ1) is 22.1. The summed E-state index contributed by atoms with van der Waals surface area (Å²) in [5.41, 5.74) is 1.81. The molecule has 2 rings (SSSR count). The van der Waals surface area contributed by atoms with E-state index in [9.17, 15) is 20.1 Å². The van der Waals surface area contributed by atoms with Gasteiger partial charge in [0.15, 0.2) is 14.1 Å². The zero-order chi connectivity index (χ0) is 36.7. The number of allylic oxidation sites excluding steroid dienone is 5. The molecular weight excluding hydrogens is 628 g/mol. The lowest BCUT2D eigenvalue weighted by molar-refractivity contribution is -0.327. The summed E-state index contributed by atoms with van der Waals surface area (Å²) < 4.78 is 30.5. The summed E-state index contributed by atoms with van der Waals surface area (Å²) in [7, 11) is 0.960. The Morgan fingerprint density at radius 2 is 1.67 bits per heavy atom. The first-order valence-electron chi connectivity index (χ1n) is 17.6. The van der Waals surface area contributed by atoms with Crippen LogP contribution in [0.1, 0.15) is 75.2 Å².